The third-order valence-electron chi connectivity index (χ3n) is 6.34. The molecule has 8 heteroatoms. The molecule has 1 aliphatic rings. The molecule has 2 heterocycles. The van der Waals surface area contributed by atoms with Gasteiger partial charge in [-0.3, -0.25) is 9.69 Å². The summed E-state index contributed by atoms with van der Waals surface area (Å²) in [6.45, 7) is 5.30. The maximum Gasteiger partial charge on any atom is 0.287 e. The van der Waals surface area contributed by atoms with Gasteiger partial charge in [-0.25, -0.2) is 4.68 Å². The highest BCUT2D eigenvalue weighted by Gasteiger charge is 2.21. The number of methoxy groups -OCH3 is 1. The Balaban J connectivity index is 1.23. The standard InChI is InChI=1S/C27H33ClN4O3/c1-34-24-12-5-6-13-25(24)35-20-19-30-15-17-31(18-16-30)23-21-29-32(27(33)26(23)28)14-8-7-11-22-9-3-2-4-10-22/h2-6,9-10,12-13,21H,7-8,11,14-20H2,1H3. The van der Waals surface area contributed by atoms with Gasteiger partial charge in [0.1, 0.15) is 11.6 Å². The quantitative estimate of drug-likeness (QED) is 0.372. The van der Waals surface area contributed by atoms with Crippen molar-refractivity contribution >= 4 is 17.3 Å². The van der Waals surface area contributed by atoms with E-state index in [4.69, 9.17) is 21.1 Å². The largest absolute Gasteiger partial charge is 0.493 e. The Morgan fingerprint density at radius 1 is 0.914 bits per heavy atom. The number of unbranched alkanes of at least 4 members (excludes halogenated alkanes) is 1. The number of halogens is 1. The first kappa shape index (κ1) is 25.1. The van der Waals surface area contributed by atoms with E-state index in [0.717, 1.165) is 69.2 Å². The summed E-state index contributed by atoms with van der Waals surface area (Å²) >= 11 is 6.50. The first-order valence-corrected chi connectivity index (χ1v) is 12.6. The van der Waals surface area contributed by atoms with E-state index in [1.54, 1.807) is 13.3 Å². The average molecular weight is 497 g/mol. The predicted octanol–water partition coefficient (Wildman–Crippen LogP) is 4.13. The molecule has 1 saturated heterocycles. The van der Waals surface area contributed by atoms with Crippen LogP contribution in [0.15, 0.2) is 65.6 Å². The zero-order valence-corrected chi connectivity index (χ0v) is 21.0. The number of rotatable bonds is 11. The van der Waals surface area contributed by atoms with Crippen LogP contribution in [0.25, 0.3) is 0 Å². The SMILES string of the molecule is COc1ccccc1OCCN1CCN(c2cnn(CCCCc3ccccc3)c(=O)c2Cl)CC1. The topological polar surface area (TPSA) is 59.8 Å². The van der Waals surface area contributed by atoms with Crippen molar-refractivity contribution in [3.63, 3.8) is 0 Å². The molecule has 0 atom stereocenters. The molecule has 0 radical (unpaired) electrons. The van der Waals surface area contributed by atoms with E-state index in [1.807, 2.05) is 30.3 Å². The van der Waals surface area contributed by atoms with Crippen molar-refractivity contribution in [1.29, 1.82) is 0 Å². The smallest absolute Gasteiger partial charge is 0.287 e. The Hall–Kier alpha value is -3.03. The molecule has 0 bridgehead atoms. The van der Waals surface area contributed by atoms with E-state index >= 15 is 0 Å². The van der Waals surface area contributed by atoms with E-state index < -0.39 is 0 Å². The van der Waals surface area contributed by atoms with Crippen molar-refractivity contribution in [2.24, 2.45) is 0 Å². The van der Waals surface area contributed by atoms with Crippen molar-refractivity contribution in [3.8, 4) is 11.5 Å². The van der Waals surface area contributed by atoms with Gasteiger partial charge in [-0.15, -0.1) is 0 Å². The van der Waals surface area contributed by atoms with Crippen LogP contribution in [0.1, 0.15) is 18.4 Å². The molecule has 0 saturated carbocycles. The molecule has 0 spiro atoms. The number of para-hydroxylation sites is 2. The van der Waals surface area contributed by atoms with Crippen molar-refractivity contribution in [2.45, 2.75) is 25.8 Å². The summed E-state index contributed by atoms with van der Waals surface area (Å²) in [4.78, 5) is 17.3. The monoisotopic (exact) mass is 496 g/mol. The summed E-state index contributed by atoms with van der Waals surface area (Å²) in [7, 11) is 1.64. The van der Waals surface area contributed by atoms with Gasteiger partial charge < -0.3 is 14.4 Å². The lowest BCUT2D eigenvalue weighted by Crippen LogP contribution is -2.48. The number of piperazine rings is 1. The predicted molar refractivity (Wildman–Crippen MR) is 140 cm³/mol. The van der Waals surface area contributed by atoms with Crippen LogP contribution >= 0.6 is 11.6 Å². The lowest BCUT2D eigenvalue weighted by atomic mass is 10.1. The molecule has 3 aromatic rings. The molecule has 0 unspecified atom stereocenters. The Bertz CT molecular complexity index is 1130. The molecule has 1 fully saturated rings. The lowest BCUT2D eigenvalue weighted by Gasteiger charge is -2.36. The number of ether oxygens (including phenoxy) is 2. The van der Waals surface area contributed by atoms with E-state index in [2.05, 4.69) is 39.2 Å². The number of hydrogen-bond donors (Lipinski definition) is 0. The van der Waals surface area contributed by atoms with E-state index in [1.165, 1.54) is 10.2 Å². The summed E-state index contributed by atoms with van der Waals surface area (Å²) in [6, 6.07) is 18.1. The van der Waals surface area contributed by atoms with Gasteiger partial charge in [-0.1, -0.05) is 54.1 Å². The van der Waals surface area contributed by atoms with E-state index in [0.29, 0.717) is 13.2 Å². The molecule has 2 aromatic carbocycles. The first-order chi connectivity index (χ1) is 17.2. The fraction of sp³-hybridized carbons (Fsp3) is 0.407. The molecule has 0 N–H and O–H groups in total. The molecule has 1 aromatic heterocycles. The minimum atomic E-state index is -0.212. The Morgan fingerprint density at radius 2 is 1.63 bits per heavy atom. The molecule has 0 amide bonds. The Labute approximate surface area is 211 Å². The van der Waals surface area contributed by atoms with Crippen LogP contribution in [-0.2, 0) is 13.0 Å². The van der Waals surface area contributed by atoms with Crippen molar-refractivity contribution in [3.05, 3.63) is 81.7 Å². The fourth-order valence-corrected chi connectivity index (χ4v) is 4.57. The second-order valence-corrected chi connectivity index (χ2v) is 9.02. The summed E-state index contributed by atoms with van der Waals surface area (Å²) in [5.74, 6) is 1.50. The second-order valence-electron chi connectivity index (χ2n) is 8.64. The number of anilines is 1. The van der Waals surface area contributed by atoms with Gasteiger partial charge in [0.05, 0.1) is 19.0 Å². The number of benzene rings is 2. The zero-order chi connectivity index (χ0) is 24.5. The highest BCUT2D eigenvalue weighted by atomic mass is 35.5. The Kier molecular flexibility index (Phi) is 9.03. The second kappa shape index (κ2) is 12.6. The molecule has 0 aliphatic carbocycles. The van der Waals surface area contributed by atoms with Gasteiger partial charge >= 0.3 is 0 Å². The highest BCUT2D eigenvalue weighted by Crippen LogP contribution is 2.26. The molecular formula is C27H33ClN4O3. The van der Waals surface area contributed by atoms with Crippen molar-refractivity contribution in [2.75, 3.05) is 51.3 Å². The third kappa shape index (κ3) is 6.77. The van der Waals surface area contributed by atoms with Crippen LogP contribution in [0.2, 0.25) is 5.02 Å². The molecule has 7 nitrogen and oxygen atoms in total. The van der Waals surface area contributed by atoms with Crippen molar-refractivity contribution in [1.82, 2.24) is 14.7 Å². The minimum Gasteiger partial charge on any atom is -0.493 e. The maximum atomic E-state index is 12.8. The highest BCUT2D eigenvalue weighted by molar-refractivity contribution is 6.33. The lowest BCUT2D eigenvalue weighted by molar-refractivity contribution is 0.197. The molecule has 4 rings (SSSR count). The number of nitrogens with zero attached hydrogens (tertiary/aromatic N) is 4. The first-order valence-electron chi connectivity index (χ1n) is 12.2. The van der Waals surface area contributed by atoms with Crippen LogP contribution in [-0.4, -0.2) is 61.1 Å². The van der Waals surface area contributed by atoms with Gasteiger partial charge in [0, 0.05) is 39.3 Å². The van der Waals surface area contributed by atoms with Crippen LogP contribution in [0.5, 0.6) is 11.5 Å². The van der Waals surface area contributed by atoms with Crippen LogP contribution in [0, 0.1) is 0 Å². The zero-order valence-electron chi connectivity index (χ0n) is 20.2. The van der Waals surface area contributed by atoms with Crippen LogP contribution in [0.4, 0.5) is 5.69 Å². The van der Waals surface area contributed by atoms with Gasteiger partial charge in [-0.2, -0.15) is 5.10 Å². The van der Waals surface area contributed by atoms with E-state index in [9.17, 15) is 4.79 Å². The maximum absolute atomic E-state index is 12.8. The van der Waals surface area contributed by atoms with Crippen molar-refractivity contribution < 1.29 is 9.47 Å². The summed E-state index contributed by atoms with van der Waals surface area (Å²) in [5.41, 5.74) is 1.82. The number of hydrogen-bond acceptors (Lipinski definition) is 6. The summed E-state index contributed by atoms with van der Waals surface area (Å²) < 4.78 is 12.7. The van der Waals surface area contributed by atoms with Crippen LogP contribution in [0.3, 0.4) is 0 Å². The van der Waals surface area contributed by atoms with Gasteiger partial charge in [0.15, 0.2) is 11.5 Å². The minimum absolute atomic E-state index is 0.212. The Morgan fingerprint density at radius 3 is 2.37 bits per heavy atom. The molecule has 35 heavy (non-hydrogen) atoms. The third-order valence-corrected chi connectivity index (χ3v) is 6.70. The number of aryl methyl sites for hydroxylation is 2. The summed E-state index contributed by atoms with van der Waals surface area (Å²) in [6.07, 6.45) is 4.62. The van der Waals surface area contributed by atoms with Gasteiger partial charge in [0.25, 0.3) is 5.56 Å². The van der Waals surface area contributed by atoms with E-state index in [-0.39, 0.29) is 10.6 Å². The van der Waals surface area contributed by atoms with Gasteiger partial charge in [-0.05, 0) is 37.0 Å². The molecular weight excluding hydrogens is 464 g/mol. The normalized spacial score (nSPS) is 14.2. The van der Waals surface area contributed by atoms with Gasteiger partial charge in [0.2, 0.25) is 0 Å². The number of aromatic nitrogens is 2. The van der Waals surface area contributed by atoms with Crippen LogP contribution < -0.4 is 19.9 Å². The average Bonchev–Trinajstić information content (AvgIpc) is 2.90. The molecule has 186 valence electrons. The fourth-order valence-electron chi connectivity index (χ4n) is 4.31. The molecule has 1 aliphatic heterocycles. The summed E-state index contributed by atoms with van der Waals surface area (Å²) in [5, 5.41) is 4.67.